The molecule has 0 unspecified atom stereocenters. The molecule has 4 N–H and O–H groups in total. The highest BCUT2D eigenvalue weighted by Crippen LogP contribution is 2.29. The summed E-state index contributed by atoms with van der Waals surface area (Å²) in [5.74, 6) is 0.160. The van der Waals surface area contributed by atoms with Gasteiger partial charge in [0.2, 0.25) is 0 Å². The van der Waals surface area contributed by atoms with Crippen molar-refractivity contribution in [3.8, 4) is 0 Å². The quantitative estimate of drug-likeness (QED) is 0.657. The van der Waals surface area contributed by atoms with E-state index in [0.29, 0.717) is 11.4 Å². The highest BCUT2D eigenvalue weighted by Gasteiger charge is 2.12. The van der Waals surface area contributed by atoms with E-state index in [1.54, 1.807) is 24.3 Å². The first-order valence-corrected chi connectivity index (χ1v) is 7.19. The number of hydrogen-bond donors (Lipinski definition) is 4. The van der Waals surface area contributed by atoms with Gasteiger partial charge in [0.15, 0.2) is 0 Å². The monoisotopic (exact) mass is 314 g/mol. The van der Waals surface area contributed by atoms with Gasteiger partial charge in [0, 0.05) is 17.3 Å². The van der Waals surface area contributed by atoms with Gasteiger partial charge in [-0.1, -0.05) is 31.2 Å². The third kappa shape index (κ3) is 4.47. The molecule has 0 saturated carbocycles. The Bertz CT molecular complexity index is 621. The number of benzene rings is 2. The average molecular weight is 314 g/mol. The number of carbonyl (C=O) groups is 2. The third-order valence-corrected chi connectivity index (χ3v) is 3.54. The van der Waals surface area contributed by atoms with Gasteiger partial charge in [-0.2, -0.15) is 0 Å². The predicted molar refractivity (Wildman–Crippen MR) is 88.3 cm³/mol. The van der Waals surface area contributed by atoms with Crippen LogP contribution in [0, 0.1) is 0 Å². The van der Waals surface area contributed by atoms with Crippen LogP contribution in [-0.2, 0) is 0 Å². The second kappa shape index (κ2) is 7.31. The van der Waals surface area contributed by atoms with Crippen molar-refractivity contribution in [2.45, 2.75) is 19.3 Å². The van der Waals surface area contributed by atoms with Crippen LogP contribution in [0.15, 0.2) is 48.5 Å². The summed E-state index contributed by atoms with van der Waals surface area (Å²) >= 11 is 0. The van der Waals surface area contributed by atoms with Gasteiger partial charge in [0.05, 0.1) is 0 Å². The van der Waals surface area contributed by atoms with E-state index < -0.39 is 12.2 Å². The smallest absolute Gasteiger partial charge is 0.409 e. The van der Waals surface area contributed by atoms with Crippen molar-refractivity contribution in [1.29, 1.82) is 0 Å². The van der Waals surface area contributed by atoms with Gasteiger partial charge in [-0.25, -0.2) is 9.59 Å². The Labute approximate surface area is 133 Å². The van der Waals surface area contributed by atoms with E-state index in [1.165, 1.54) is 0 Å². The summed E-state index contributed by atoms with van der Waals surface area (Å²) in [4.78, 5) is 21.2. The van der Waals surface area contributed by atoms with Gasteiger partial charge in [-0.3, -0.25) is 10.6 Å². The van der Waals surface area contributed by atoms with Crippen molar-refractivity contribution in [3.63, 3.8) is 0 Å². The largest absolute Gasteiger partial charge is 0.465 e. The van der Waals surface area contributed by atoms with Crippen molar-refractivity contribution < 1.29 is 19.8 Å². The number of rotatable bonds is 5. The molecule has 0 aromatic heterocycles. The maximum atomic E-state index is 10.6. The minimum Gasteiger partial charge on any atom is -0.465 e. The Hall–Kier alpha value is -3.02. The van der Waals surface area contributed by atoms with Gasteiger partial charge in [0.1, 0.15) is 0 Å². The van der Waals surface area contributed by atoms with Gasteiger partial charge in [-0.15, -0.1) is 0 Å². The fraction of sp³-hybridized carbons (Fsp3) is 0.176. The van der Waals surface area contributed by atoms with Gasteiger partial charge in [-0.05, 0) is 41.8 Å². The minimum atomic E-state index is -1.09. The molecule has 2 rings (SSSR count). The van der Waals surface area contributed by atoms with E-state index in [4.69, 9.17) is 10.2 Å². The van der Waals surface area contributed by atoms with Crippen LogP contribution in [0.3, 0.4) is 0 Å². The number of hydrogen-bond acceptors (Lipinski definition) is 2. The molecule has 23 heavy (non-hydrogen) atoms. The Balaban J connectivity index is 2.18. The molecule has 0 heterocycles. The van der Waals surface area contributed by atoms with Crippen LogP contribution in [0.5, 0.6) is 0 Å². The fourth-order valence-corrected chi connectivity index (χ4v) is 2.51. The first-order valence-electron chi connectivity index (χ1n) is 7.19. The number of anilines is 2. The van der Waals surface area contributed by atoms with Crippen LogP contribution in [-0.4, -0.2) is 22.4 Å². The standard InChI is InChI=1S/C17H18N2O4/c1-2-15(11-3-7-13(8-4-11)18-16(20)21)12-5-9-14(10-6-12)19-17(22)23/h3-10,15,18-19H,2H2,1H3,(H,20,21)(H,22,23). The maximum absolute atomic E-state index is 10.6. The molecule has 0 bridgehead atoms. The number of amides is 2. The molecule has 0 aliphatic rings. The van der Waals surface area contributed by atoms with Crippen LogP contribution in [0.4, 0.5) is 21.0 Å². The molecular weight excluding hydrogens is 296 g/mol. The summed E-state index contributed by atoms with van der Waals surface area (Å²) in [7, 11) is 0. The Morgan fingerprint density at radius 3 is 1.43 bits per heavy atom. The van der Waals surface area contributed by atoms with E-state index in [2.05, 4.69) is 17.6 Å². The Morgan fingerprint density at radius 2 is 1.17 bits per heavy atom. The molecular formula is C17H18N2O4. The van der Waals surface area contributed by atoms with Crippen LogP contribution in [0.1, 0.15) is 30.4 Å². The molecule has 0 spiro atoms. The van der Waals surface area contributed by atoms with E-state index >= 15 is 0 Å². The third-order valence-electron chi connectivity index (χ3n) is 3.54. The molecule has 0 radical (unpaired) electrons. The first kappa shape index (κ1) is 16.4. The van der Waals surface area contributed by atoms with Crippen molar-refractivity contribution in [1.82, 2.24) is 0 Å². The molecule has 2 aromatic carbocycles. The van der Waals surface area contributed by atoms with E-state index in [1.807, 2.05) is 24.3 Å². The molecule has 0 atom stereocenters. The zero-order chi connectivity index (χ0) is 16.8. The summed E-state index contributed by atoms with van der Waals surface area (Å²) < 4.78 is 0. The topological polar surface area (TPSA) is 98.7 Å². The van der Waals surface area contributed by atoms with Gasteiger partial charge < -0.3 is 10.2 Å². The Morgan fingerprint density at radius 1 is 0.826 bits per heavy atom. The van der Waals surface area contributed by atoms with Crippen LogP contribution < -0.4 is 10.6 Å². The average Bonchev–Trinajstić information content (AvgIpc) is 2.50. The minimum absolute atomic E-state index is 0.160. The zero-order valence-electron chi connectivity index (χ0n) is 12.6. The van der Waals surface area contributed by atoms with Crippen molar-refractivity contribution in [3.05, 3.63) is 59.7 Å². The molecule has 120 valence electrons. The summed E-state index contributed by atoms with van der Waals surface area (Å²) in [6, 6.07) is 14.5. The molecule has 0 fully saturated rings. The normalized spacial score (nSPS) is 10.3. The van der Waals surface area contributed by atoms with Crippen molar-refractivity contribution >= 4 is 23.6 Å². The lowest BCUT2D eigenvalue weighted by Gasteiger charge is -2.17. The van der Waals surface area contributed by atoms with Crippen molar-refractivity contribution in [2.75, 3.05) is 10.6 Å². The van der Waals surface area contributed by atoms with Crippen LogP contribution in [0.2, 0.25) is 0 Å². The van der Waals surface area contributed by atoms with Gasteiger partial charge >= 0.3 is 12.2 Å². The van der Waals surface area contributed by atoms with E-state index in [9.17, 15) is 9.59 Å². The second-order valence-electron chi connectivity index (χ2n) is 5.07. The summed E-state index contributed by atoms with van der Waals surface area (Å²) in [6.45, 7) is 2.07. The van der Waals surface area contributed by atoms with Crippen LogP contribution >= 0.6 is 0 Å². The fourth-order valence-electron chi connectivity index (χ4n) is 2.51. The molecule has 2 amide bonds. The lowest BCUT2D eigenvalue weighted by molar-refractivity contribution is 0.208. The number of carboxylic acid groups (broad SMARTS) is 2. The highest BCUT2D eigenvalue weighted by atomic mass is 16.4. The van der Waals surface area contributed by atoms with E-state index in [0.717, 1.165) is 17.5 Å². The molecule has 6 nitrogen and oxygen atoms in total. The van der Waals surface area contributed by atoms with Gasteiger partial charge in [0.25, 0.3) is 0 Å². The molecule has 2 aromatic rings. The summed E-state index contributed by atoms with van der Waals surface area (Å²) in [5, 5.41) is 22.0. The highest BCUT2D eigenvalue weighted by molar-refractivity contribution is 5.83. The molecule has 6 heteroatoms. The first-order chi connectivity index (χ1) is 11.0. The lowest BCUT2D eigenvalue weighted by Crippen LogP contribution is -2.08. The summed E-state index contributed by atoms with van der Waals surface area (Å²) in [6.07, 6.45) is -1.31. The van der Waals surface area contributed by atoms with Crippen molar-refractivity contribution in [2.24, 2.45) is 0 Å². The number of nitrogens with one attached hydrogen (secondary N) is 2. The predicted octanol–water partition coefficient (Wildman–Crippen LogP) is 4.41. The molecule has 0 aliphatic heterocycles. The maximum Gasteiger partial charge on any atom is 0.409 e. The molecule has 0 saturated heterocycles. The van der Waals surface area contributed by atoms with Crippen LogP contribution in [0.25, 0.3) is 0 Å². The second-order valence-corrected chi connectivity index (χ2v) is 5.07. The van der Waals surface area contributed by atoms with E-state index in [-0.39, 0.29) is 5.92 Å². The SMILES string of the molecule is CCC(c1ccc(NC(=O)O)cc1)c1ccc(NC(=O)O)cc1. The molecule has 0 aliphatic carbocycles. The lowest BCUT2D eigenvalue weighted by atomic mass is 9.89. The summed E-state index contributed by atoms with van der Waals surface area (Å²) in [5.41, 5.74) is 3.19. The Kier molecular flexibility index (Phi) is 5.19. The zero-order valence-corrected chi connectivity index (χ0v) is 12.6.